The van der Waals surface area contributed by atoms with Crippen LogP contribution in [-0.2, 0) is 17.8 Å². The van der Waals surface area contributed by atoms with E-state index in [1.807, 2.05) is 18.5 Å². The van der Waals surface area contributed by atoms with E-state index >= 15 is 0 Å². The minimum absolute atomic E-state index is 0.109. The lowest BCUT2D eigenvalue weighted by molar-refractivity contribution is 0.201. The first-order chi connectivity index (χ1) is 18.7. The number of thiazole rings is 1. The number of tetrazole rings is 1. The van der Waals surface area contributed by atoms with E-state index in [1.54, 1.807) is 22.3 Å². The van der Waals surface area contributed by atoms with Gasteiger partial charge in [0, 0.05) is 42.7 Å². The van der Waals surface area contributed by atoms with E-state index in [-0.39, 0.29) is 12.0 Å². The Kier molecular flexibility index (Phi) is 9.11. The molecule has 2 aliphatic rings. The van der Waals surface area contributed by atoms with Gasteiger partial charge >= 0.3 is 0 Å². The number of anilines is 1. The van der Waals surface area contributed by atoms with Gasteiger partial charge in [0.15, 0.2) is 0 Å². The molecule has 0 spiro atoms. The predicted molar refractivity (Wildman–Crippen MR) is 149 cm³/mol. The Morgan fingerprint density at radius 1 is 1.08 bits per heavy atom. The third-order valence-corrected chi connectivity index (χ3v) is 8.49. The molecular weight excluding hydrogens is 496 g/mol. The van der Waals surface area contributed by atoms with E-state index in [1.165, 1.54) is 42.7 Å². The maximum atomic E-state index is 6.06. The molecule has 38 heavy (non-hydrogen) atoms. The van der Waals surface area contributed by atoms with E-state index < -0.39 is 0 Å². The molecule has 0 saturated carbocycles. The number of ether oxygens (including phenoxy) is 1. The summed E-state index contributed by atoms with van der Waals surface area (Å²) in [6.07, 6.45) is 21.6. The first kappa shape index (κ1) is 26.5. The molecule has 1 aliphatic heterocycles. The maximum Gasteiger partial charge on any atom is 0.225 e. The van der Waals surface area contributed by atoms with Crippen LogP contribution < -0.4 is 4.90 Å². The van der Waals surface area contributed by atoms with Crippen LogP contribution in [0.5, 0.6) is 0 Å². The zero-order valence-corrected chi connectivity index (χ0v) is 23.3. The minimum Gasteiger partial charge on any atom is -0.488 e. The number of rotatable bonds is 12. The normalized spacial score (nSPS) is 20.1. The summed E-state index contributed by atoms with van der Waals surface area (Å²) >= 11 is 1.75. The second-order valence-corrected chi connectivity index (χ2v) is 11.2. The number of aromatic nitrogens is 7. The van der Waals surface area contributed by atoms with Gasteiger partial charge in [-0.2, -0.15) is 0 Å². The van der Waals surface area contributed by atoms with Crippen molar-refractivity contribution in [1.29, 1.82) is 0 Å². The molecule has 0 aromatic carbocycles. The van der Waals surface area contributed by atoms with Gasteiger partial charge in [0.2, 0.25) is 5.95 Å². The van der Waals surface area contributed by atoms with Crippen LogP contribution in [0.2, 0.25) is 0 Å². The average Bonchev–Trinajstić information content (AvgIpc) is 3.65. The second kappa shape index (κ2) is 13.1. The molecular formula is C28H38N8OS. The molecule has 5 rings (SSSR count). The van der Waals surface area contributed by atoms with Crippen molar-refractivity contribution in [2.24, 2.45) is 5.92 Å². The lowest BCUT2D eigenvalue weighted by Crippen LogP contribution is -2.34. The third-order valence-electron chi connectivity index (χ3n) is 7.44. The highest BCUT2D eigenvalue weighted by molar-refractivity contribution is 7.09. The van der Waals surface area contributed by atoms with Gasteiger partial charge in [0.1, 0.15) is 18.7 Å². The van der Waals surface area contributed by atoms with Gasteiger partial charge in [-0.25, -0.2) is 19.6 Å². The van der Waals surface area contributed by atoms with Crippen molar-refractivity contribution in [3.05, 3.63) is 64.4 Å². The number of unbranched alkanes of at least 4 members (excludes halogenated alkanes) is 4. The monoisotopic (exact) mass is 534 g/mol. The highest BCUT2D eigenvalue weighted by atomic mass is 32.1. The number of hydrogen-bond donors (Lipinski definition) is 0. The summed E-state index contributed by atoms with van der Waals surface area (Å²) in [6.45, 7) is 6.80. The van der Waals surface area contributed by atoms with Crippen LogP contribution in [0, 0.1) is 5.92 Å². The second-order valence-electron chi connectivity index (χ2n) is 10.4. The smallest absolute Gasteiger partial charge is 0.225 e. The quantitative estimate of drug-likeness (QED) is 0.275. The number of nitrogens with zero attached hydrogens (tertiary/aromatic N) is 8. The SMILES string of the molecule is CCCCCCCc1cnc(N2CCC(c3nc(COC4=CC(C)C(n5cnnn5)C=C4)cs3)CC2)nc1. The van der Waals surface area contributed by atoms with E-state index in [0.717, 1.165) is 49.8 Å². The summed E-state index contributed by atoms with van der Waals surface area (Å²) in [7, 11) is 0. The van der Waals surface area contributed by atoms with Crippen LogP contribution in [0.4, 0.5) is 5.95 Å². The van der Waals surface area contributed by atoms with Gasteiger partial charge < -0.3 is 9.64 Å². The van der Waals surface area contributed by atoms with E-state index in [0.29, 0.717) is 12.5 Å². The molecule has 1 aliphatic carbocycles. The predicted octanol–water partition coefficient (Wildman–Crippen LogP) is 5.66. The Hall–Kier alpha value is -3.14. The molecule has 9 nitrogen and oxygen atoms in total. The molecule has 0 amide bonds. The lowest BCUT2D eigenvalue weighted by atomic mass is 9.96. The first-order valence-corrected chi connectivity index (χ1v) is 14.8. The summed E-state index contributed by atoms with van der Waals surface area (Å²) in [6, 6.07) is 0.109. The van der Waals surface area contributed by atoms with Gasteiger partial charge in [0.05, 0.1) is 16.7 Å². The van der Waals surface area contributed by atoms with E-state index in [9.17, 15) is 0 Å². The Bertz CT molecular complexity index is 1180. The number of allylic oxidation sites excluding steroid dienone is 3. The third kappa shape index (κ3) is 6.83. The summed E-state index contributed by atoms with van der Waals surface area (Å²) in [5.41, 5.74) is 2.24. The fourth-order valence-corrected chi connectivity index (χ4v) is 6.12. The molecule has 2 unspecified atom stereocenters. The fraction of sp³-hybridized carbons (Fsp3) is 0.571. The Morgan fingerprint density at radius 2 is 1.89 bits per heavy atom. The molecule has 3 aromatic rings. The molecule has 2 atom stereocenters. The average molecular weight is 535 g/mol. The standard InChI is InChI=1S/C28H38N8OS/c1-3-4-5-6-7-8-22-16-29-28(30-17-22)35-13-11-23(12-14-35)27-32-24(19-38-27)18-37-25-9-10-26(21(2)15-25)36-20-31-33-34-36/h9-10,15-17,19-21,23,26H,3-8,11-14,18H2,1-2H3. The van der Waals surface area contributed by atoms with Crippen LogP contribution in [0.15, 0.2) is 48.1 Å². The largest absolute Gasteiger partial charge is 0.488 e. The van der Waals surface area contributed by atoms with E-state index in [4.69, 9.17) is 9.72 Å². The zero-order chi connectivity index (χ0) is 26.2. The molecule has 3 aromatic heterocycles. The van der Waals surface area contributed by atoms with Crippen LogP contribution >= 0.6 is 11.3 Å². The molecule has 0 N–H and O–H groups in total. The molecule has 202 valence electrons. The fourth-order valence-electron chi connectivity index (χ4n) is 5.15. The summed E-state index contributed by atoms with van der Waals surface area (Å²) in [4.78, 5) is 16.6. The van der Waals surface area contributed by atoms with Crippen LogP contribution in [0.3, 0.4) is 0 Å². The van der Waals surface area contributed by atoms with Gasteiger partial charge in [-0.1, -0.05) is 45.6 Å². The number of hydrogen-bond acceptors (Lipinski definition) is 9. The summed E-state index contributed by atoms with van der Waals surface area (Å²) < 4.78 is 7.83. The minimum atomic E-state index is 0.109. The number of aryl methyl sites for hydroxylation is 1. The van der Waals surface area contributed by atoms with Crippen molar-refractivity contribution in [1.82, 2.24) is 35.2 Å². The molecule has 1 fully saturated rings. The summed E-state index contributed by atoms with van der Waals surface area (Å²) in [5, 5.41) is 14.8. The van der Waals surface area contributed by atoms with Crippen molar-refractivity contribution in [2.75, 3.05) is 18.0 Å². The molecule has 0 bridgehead atoms. The van der Waals surface area contributed by atoms with Gasteiger partial charge in [-0.05, 0) is 53.8 Å². The van der Waals surface area contributed by atoms with Gasteiger partial charge in [-0.3, -0.25) is 0 Å². The van der Waals surface area contributed by atoms with E-state index in [2.05, 4.69) is 61.8 Å². The molecule has 1 saturated heterocycles. The first-order valence-electron chi connectivity index (χ1n) is 13.9. The summed E-state index contributed by atoms with van der Waals surface area (Å²) in [5.74, 6) is 2.45. The zero-order valence-electron chi connectivity index (χ0n) is 22.4. The van der Waals surface area contributed by atoms with Crippen molar-refractivity contribution >= 4 is 17.3 Å². The Balaban J connectivity index is 1.05. The topological polar surface area (TPSA) is 94.7 Å². The van der Waals surface area contributed by atoms with Crippen molar-refractivity contribution in [2.45, 2.75) is 83.8 Å². The maximum absolute atomic E-state index is 6.06. The lowest BCUT2D eigenvalue weighted by Gasteiger charge is -2.31. The van der Waals surface area contributed by atoms with Crippen molar-refractivity contribution in [3.8, 4) is 0 Å². The highest BCUT2D eigenvalue weighted by Gasteiger charge is 2.25. The molecule has 4 heterocycles. The molecule has 10 heteroatoms. The highest BCUT2D eigenvalue weighted by Crippen LogP contribution is 2.32. The van der Waals surface area contributed by atoms with Crippen LogP contribution in [0.25, 0.3) is 0 Å². The van der Waals surface area contributed by atoms with Crippen molar-refractivity contribution < 1.29 is 4.74 Å². The van der Waals surface area contributed by atoms with Crippen molar-refractivity contribution in [3.63, 3.8) is 0 Å². The Labute approximate surface area is 229 Å². The van der Waals surface area contributed by atoms with Gasteiger partial charge in [0.25, 0.3) is 0 Å². The number of piperidine rings is 1. The Morgan fingerprint density at radius 3 is 2.63 bits per heavy atom. The van der Waals surface area contributed by atoms with Gasteiger partial charge in [-0.15, -0.1) is 16.4 Å². The van der Waals surface area contributed by atoms with Crippen LogP contribution in [0.1, 0.15) is 87.0 Å². The molecule has 0 radical (unpaired) electrons. The van der Waals surface area contributed by atoms with Crippen LogP contribution in [-0.4, -0.2) is 48.2 Å².